The molecule has 0 saturated heterocycles. The van der Waals surface area contributed by atoms with E-state index in [1.165, 1.54) is 27.9 Å². The number of phenols is 2. The first-order valence-corrected chi connectivity index (χ1v) is 16.2. The van der Waals surface area contributed by atoms with Gasteiger partial charge in [0.05, 0.1) is 0 Å². The van der Waals surface area contributed by atoms with Gasteiger partial charge in [-0.15, -0.1) is 0 Å². The number of nitrogens with zero attached hydrogens (tertiary/aromatic N) is 1. The summed E-state index contributed by atoms with van der Waals surface area (Å²) in [5.74, 6) is 0.836. The highest BCUT2D eigenvalue weighted by atomic mass is 16.3. The van der Waals surface area contributed by atoms with Crippen molar-refractivity contribution in [2.45, 2.75) is 145 Å². The number of anilines is 1. The van der Waals surface area contributed by atoms with Crippen molar-refractivity contribution in [3.05, 3.63) is 87.0 Å². The van der Waals surface area contributed by atoms with E-state index in [9.17, 15) is 10.2 Å². The van der Waals surface area contributed by atoms with Crippen molar-refractivity contribution in [3.8, 4) is 11.5 Å². The van der Waals surface area contributed by atoms with E-state index in [4.69, 9.17) is 0 Å². The second-order valence-corrected chi connectivity index (χ2v) is 16.6. The molecule has 0 aliphatic carbocycles. The molecule has 0 fully saturated rings. The zero-order chi connectivity index (χ0) is 32.7. The van der Waals surface area contributed by atoms with Crippen LogP contribution in [0.1, 0.15) is 141 Å². The molecule has 236 valence electrons. The van der Waals surface area contributed by atoms with Crippen LogP contribution >= 0.6 is 0 Å². The summed E-state index contributed by atoms with van der Waals surface area (Å²) < 4.78 is 0. The van der Waals surface area contributed by atoms with Gasteiger partial charge in [0, 0.05) is 18.8 Å². The van der Waals surface area contributed by atoms with Crippen LogP contribution in [0.3, 0.4) is 0 Å². The van der Waals surface area contributed by atoms with Crippen LogP contribution in [0.5, 0.6) is 11.5 Å². The summed E-state index contributed by atoms with van der Waals surface area (Å²) in [6.07, 6.45) is 1.90. The van der Waals surface area contributed by atoms with Crippen molar-refractivity contribution in [3.63, 3.8) is 0 Å². The first-order valence-electron chi connectivity index (χ1n) is 16.2. The highest BCUT2D eigenvalue weighted by Crippen LogP contribution is 2.43. The number of phenolic OH excluding ortho intramolecular Hbond substituents is 2. The van der Waals surface area contributed by atoms with Gasteiger partial charge in [-0.1, -0.05) is 115 Å². The quantitative estimate of drug-likeness (QED) is 0.290. The number of aromatic hydroxyl groups is 2. The van der Waals surface area contributed by atoms with Crippen molar-refractivity contribution in [2.24, 2.45) is 0 Å². The Morgan fingerprint density at radius 3 is 1.02 bits per heavy atom. The van der Waals surface area contributed by atoms with Crippen LogP contribution in [-0.2, 0) is 47.6 Å². The summed E-state index contributed by atoms with van der Waals surface area (Å²) in [6.45, 7) is 32.0. The van der Waals surface area contributed by atoms with Crippen molar-refractivity contribution in [2.75, 3.05) is 4.90 Å². The van der Waals surface area contributed by atoms with Crippen LogP contribution in [0.4, 0.5) is 5.69 Å². The average Bonchev–Trinajstić information content (AvgIpc) is 2.86. The molecule has 0 aromatic heterocycles. The summed E-state index contributed by atoms with van der Waals surface area (Å²) in [7, 11) is 0. The molecule has 0 unspecified atom stereocenters. The van der Waals surface area contributed by atoms with Gasteiger partial charge < -0.3 is 15.1 Å². The Kier molecular flexibility index (Phi) is 9.81. The maximum absolute atomic E-state index is 11.4. The molecule has 0 amide bonds. The highest BCUT2D eigenvalue weighted by molar-refractivity contribution is 5.62. The number of benzene rings is 3. The van der Waals surface area contributed by atoms with E-state index >= 15 is 0 Å². The normalized spacial score (nSPS) is 13.0. The number of hydrogen-bond donors (Lipinski definition) is 2. The fourth-order valence-electron chi connectivity index (χ4n) is 6.13. The minimum atomic E-state index is -0.193. The lowest BCUT2D eigenvalue weighted by atomic mass is 9.78. The van der Waals surface area contributed by atoms with Crippen LogP contribution < -0.4 is 4.90 Å². The lowest BCUT2D eigenvalue weighted by Gasteiger charge is -2.33. The Morgan fingerprint density at radius 2 is 0.791 bits per heavy atom. The zero-order valence-corrected chi connectivity index (χ0v) is 29.7. The van der Waals surface area contributed by atoms with Crippen LogP contribution in [0.15, 0.2) is 42.5 Å². The van der Waals surface area contributed by atoms with E-state index in [2.05, 4.69) is 144 Å². The van der Waals surface area contributed by atoms with Crippen molar-refractivity contribution < 1.29 is 10.2 Å². The molecule has 0 saturated carbocycles. The average molecular weight is 586 g/mol. The molecule has 0 bridgehead atoms. The summed E-state index contributed by atoms with van der Waals surface area (Å²) in [5, 5.41) is 22.9. The third-order valence-corrected chi connectivity index (χ3v) is 8.60. The van der Waals surface area contributed by atoms with Crippen LogP contribution in [0.2, 0.25) is 0 Å². The predicted molar refractivity (Wildman–Crippen MR) is 186 cm³/mol. The second-order valence-electron chi connectivity index (χ2n) is 16.6. The first-order chi connectivity index (χ1) is 19.6. The fraction of sp³-hybridized carbons (Fsp3) is 0.550. The molecule has 3 aromatic rings. The van der Waals surface area contributed by atoms with Crippen LogP contribution in [0, 0.1) is 0 Å². The Labute approximate surface area is 263 Å². The Bertz CT molecular complexity index is 1260. The van der Waals surface area contributed by atoms with E-state index in [0.717, 1.165) is 35.1 Å². The van der Waals surface area contributed by atoms with Crippen molar-refractivity contribution in [1.82, 2.24) is 0 Å². The SMILES string of the molecule is CCc1cccc(CC)c1N(Cc1cc(C(C)(C)C)c(O)c(C(C)(C)C)c1)Cc1cc(C(C)(C)C)c(O)c(C(C)(C)C)c1. The first kappa shape index (κ1) is 34.5. The molecule has 0 spiro atoms. The van der Waals surface area contributed by atoms with Crippen molar-refractivity contribution >= 4 is 5.69 Å². The summed E-state index contributed by atoms with van der Waals surface area (Å²) in [5.41, 5.74) is 9.58. The maximum atomic E-state index is 11.4. The van der Waals surface area contributed by atoms with Crippen LogP contribution in [0.25, 0.3) is 0 Å². The number of hydrogen-bond acceptors (Lipinski definition) is 3. The largest absolute Gasteiger partial charge is 0.507 e. The molecule has 3 nitrogen and oxygen atoms in total. The zero-order valence-electron chi connectivity index (χ0n) is 29.7. The lowest BCUT2D eigenvalue weighted by molar-refractivity contribution is 0.422. The topological polar surface area (TPSA) is 43.7 Å². The van der Waals surface area contributed by atoms with Gasteiger partial charge in [0.2, 0.25) is 0 Å². The molecule has 43 heavy (non-hydrogen) atoms. The standard InChI is InChI=1S/C40H59NO2/c1-15-28-18-17-19-29(16-2)34(28)41(24-26-20-30(37(3,4)5)35(42)31(21-26)38(6,7)8)25-27-22-32(39(9,10)11)36(43)33(23-27)40(12,13)14/h17-23,42-43H,15-16,24-25H2,1-14H3. The van der Waals surface area contributed by atoms with Gasteiger partial charge in [0.15, 0.2) is 0 Å². The minimum absolute atomic E-state index is 0.193. The van der Waals surface area contributed by atoms with E-state index in [1.807, 2.05) is 0 Å². The number of para-hydroxylation sites is 1. The third kappa shape index (κ3) is 7.78. The van der Waals surface area contributed by atoms with Gasteiger partial charge in [-0.3, -0.25) is 0 Å². The smallest absolute Gasteiger partial charge is 0.123 e. The highest BCUT2D eigenvalue weighted by Gasteiger charge is 2.29. The molecule has 3 rings (SSSR count). The van der Waals surface area contributed by atoms with Crippen LogP contribution in [-0.4, -0.2) is 10.2 Å². The number of aryl methyl sites for hydroxylation is 2. The van der Waals surface area contributed by atoms with Gasteiger partial charge in [-0.25, -0.2) is 0 Å². The van der Waals surface area contributed by atoms with Gasteiger partial charge >= 0.3 is 0 Å². The molecular formula is C40H59NO2. The predicted octanol–water partition coefficient (Wildman–Crippen LogP) is 10.6. The Hall–Kier alpha value is -2.94. The van der Waals surface area contributed by atoms with Crippen molar-refractivity contribution in [1.29, 1.82) is 0 Å². The molecule has 0 atom stereocenters. The summed E-state index contributed by atoms with van der Waals surface area (Å²) >= 11 is 0. The van der Waals surface area contributed by atoms with E-state index in [-0.39, 0.29) is 21.7 Å². The molecule has 0 heterocycles. The van der Waals surface area contributed by atoms with Gasteiger partial charge in [-0.2, -0.15) is 0 Å². The second kappa shape index (κ2) is 12.2. The fourth-order valence-corrected chi connectivity index (χ4v) is 6.13. The molecule has 2 N–H and O–H groups in total. The van der Waals surface area contributed by atoms with Gasteiger partial charge in [0.25, 0.3) is 0 Å². The van der Waals surface area contributed by atoms with Gasteiger partial charge in [0.1, 0.15) is 11.5 Å². The lowest BCUT2D eigenvalue weighted by Crippen LogP contribution is -2.27. The third-order valence-electron chi connectivity index (χ3n) is 8.60. The van der Waals surface area contributed by atoms with E-state index in [1.54, 1.807) is 0 Å². The minimum Gasteiger partial charge on any atom is -0.507 e. The summed E-state index contributed by atoms with van der Waals surface area (Å²) in [6, 6.07) is 15.6. The molecule has 0 radical (unpaired) electrons. The molecule has 0 aliphatic heterocycles. The molecule has 3 aromatic carbocycles. The Morgan fingerprint density at radius 1 is 0.512 bits per heavy atom. The molecule has 0 aliphatic rings. The van der Waals surface area contributed by atoms with E-state index < -0.39 is 0 Å². The Balaban J connectivity index is 2.33. The maximum Gasteiger partial charge on any atom is 0.123 e. The summed E-state index contributed by atoms with van der Waals surface area (Å²) in [4.78, 5) is 2.54. The van der Waals surface area contributed by atoms with E-state index in [0.29, 0.717) is 24.6 Å². The monoisotopic (exact) mass is 585 g/mol. The molecular weight excluding hydrogens is 526 g/mol. The van der Waals surface area contributed by atoms with Gasteiger partial charge in [-0.05, 0) is 103 Å². The molecule has 3 heteroatoms. The number of rotatable bonds is 7.